The smallest absolute Gasteiger partial charge is 0.221 e. The van der Waals surface area contributed by atoms with Crippen molar-refractivity contribution in [2.75, 3.05) is 10.7 Å². The maximum absolute atomic E-state index is 10.9. The monoisotopic (exact) mass is 260 g/mol. The number of amidine groups is 1. The molecule has 0 spiro atoms. The molecule has 0 atom stereocenters. The van der Waals surface area contributed by atoms with Crippen molar-refractivity contribution in [1.82, 2.24) is 0 Å². The quantitative estimate of drug-likeness (QED) is 0.176. The number of hydrogen-bond donors (Lipinski definition) is 5. The van der Waals surface area contributed by atoms with Crippen LogP contribution in [0.1, 0.15) is 6.92 Å². The van der Waals surface area contributed by atoms with Crippen LogP contribution in [0.2, 0.25) is 0 Å². The van der Waals surface area contributed by atoms with Crippen LogP contribution in [0, 0.1) is 16.7 Å². The van der Waals surface area contributed by atoms with Gasteiger partial charge in [-0.15, -0.1) is 0 Å². The SMILES string of the molecule is CC(=O)Nc1cc(N/N=C(\C#N)C(=N)N)ccc1O. The normalized spacial score (nSPS) is 10.4. The molecule has 1 amide bonds. The van der Waals surface area contributed by atoms with Crippen molar-refractivity contribution in [3.63, 3.8) is 0 Å². The van der Waals surface area contributed by atoms with Gasteiger partial charge in [-0.05, 0) is 18.2 Å². The Bertz CT molecular complexity index is 587. The summed E-state index contributed by atoms with van der Waals surface area (Å²) in [6.45, 7) is 1.31. The van der Waals surface area contributed by atoms with E-state index in [4.69, 9.17) is 16.4 Å². The Labute approximate surface area is 109 Å². The van der Waals surface area contributed by atoms with Gasteiger partial charge in [0.15, 0.2) is 5.84 Å². The summed E-state index contributed by atoms with van der Waals surface area (Å²) in [6, 6.07) is 5.91. The highest BCUT2D eigenvalue weighted by molar-refractivity contribution is 6.45. The fourth-order valence-corrected chi connectivity index (χ4v) is 1.16. The first-order valence-corrected chi connectivity index (χ1v) is 5.13. The maximum atomic E-state index is 10.9. The van der Waals surface area contributed by atoms with E-state index in [9.17, 15) is 9.90 Å². The zero-order valence-corrected chi connectivity index (χ0v) is 10.1. The van der Waals surface area contributed by atoms with Crippen LogP contribution in [0.5, 0.6) is 5.75 Å². The third kappa shape index (κ3) is 4.01. The van der Waals surface area contributed by atoms with E-state index in [1.54, 1.807) is 6.07 Å². The Morgan fingerprint density at radius 2 is 2.26 bits per heavy atom. The van der Waals surface area contributed by atoms with Crippen molar-refractivity contribution in [2.24, 2.45) is 10.8 Å². The molecule has 1 aromatic rings. The van der Waals surface area contributed by atoms with Crippen LogP contribution in [0.3, 0.4) is 0 Å². The molecule has 6 N–H and O–H groups in total. The van der Waals surface area contributed by atoms with Gasteiger partial charge >= 0.3 is 0 Å². The van der Waals surface area contributed by atoms with Crippen LogP contribution in [0.4, 0.5) is 11.4 Å². The number of nitriles is 1. The molecule has 0 unspecified atom stereocenters. The van der Waals surface area contributed by atoms with Gasteiger partial charge < -0.3 is 16.2 Å². The van der Waals surface area contributed by atoms with Crippen molar-refractivity contribution in [2.45, 2.75) is 6.92 Å². The average Bonchev–Trinajstić information content (AvgIpc) is 2.32. The van der Waals surface area contributed by atoms with E-state index in [0.717, 1.165) is 0 Å². The minimum atomic E-state index is -0.462. The fourth-order valence-electron chi connectivity index (χ4n) is 1.16. The van der Waals surface area contributed by atoms with Gasteiger partial charge in [0, 0.05) is 6.92 Å². The molecule has 0 bridgehead atoms. The number of benzene rings is 1. The van der Waals surface area contributed by atoms with Crippen LogP contribution in [0.25, 0.3) is 0 Å². The third-order valence-corrected chi connectivity index (χ3v) is 1.97. The van der Waals surface area contributed by atoms with Gasteiger partial charge in [-0.1, -0.05) is 0 Å². The van der Waals surface area contributed by atoms with E-state index < -0.39 is 5.84 Å². The van der Waals surface area contributed by atoms with Gasteiger partial charge in [0.2, 0.25) is 11.6 Å². The summed E-state index contributed by atoms with van der Waals surface area (Å²) < 4.78 is 0. The molecule has 0 saturated carbocycles. The Balaban J connectivity index is 2.95. The summed E-state index contributed by atoms with van der Waals surface area (Å²) in [5, 5.41) is 31.3. The van der Waals surface area contributed by atoms with Gasteiger partial charge in [0.25, 0.3) is 0 Å². The number of carbonyl (C=O) groups is 1. The van der Waals surface area contributed by atoms with Gasteiger partial charge in [-0.3, -0.25) is 15.6 Å². The first-order valence-electron chi connectivity index (χ1n) is 5.13. The van der Waals surface area contributed by atoms with Gasteiger partial charge in [-0.25, -0.2) is 0 Å². The van der Waals surface area contributed by atoms with Gasteiger partial charge in [0.1, 0.15) is 11.8 Å². The molecule has 1 aromatic carbocycles. The van der Waals surface area contributed by atoms with E-state index in [1.807, 2.05) is 0 Å². The second-order valence-electron chi connectivity index (χ2n) is 3.51. The number of anilines is 2. The van der Waals surface area contributed by atoms with Crippen molar-refractivity contribution in [1.29, 1.82) is 10.7 Å². The molecule has 0 radical (unpaired) electrons. The molecule has 19 heavy (non-hydrogen) atoms. The molecule has 0 fully saturated rings. The molecule has 0 aliphatic carbocycles. The van der Waals surface area contributed by atoms with E-state index in [1.165, 1.54) is 25.1 Å². The average molecular weight is 260 g/mol. The maximum Gasteiger partial charge on any atom is 0.221 e. The minimum absolute atomic E-state index is 0.100. The number of nitrogens with zero attached hydrogens (tertiary/aromatic N) is 2. The van der Waals surface area contributed by atoms with E-state index in [2.05, 4.69) is 15.8 Å². The standard InChI is InChI=1S/C11H12N6O2/c1-6(18)15-8-4-7(2-3-10(8)19)16-17-9(5-12)11(13)14/h2-4,16,19H,1H3,(H3,13,14)(H,15,18)/b17-9+. The lowest BCUT2D eigenvalue weighted by molar-refractivity contribution is -0.114. The highest BCUT2D eigenvalue weighted by atomic mass is 16.3. The van der Waals surface area contributed by atoms with E-state index >= 15 is 0 Å². The summed E-state index contributed by atoms with van der Waals surface area (Å²) in [7, 11) is 0. The largest absolute Gasteiger partial charge is 0.506 e. The summed E-state index contributed by atoms with van der Waals surface area (Å²) >= 11 is 0. The van der Waals surface area contributed by atoms with Crippen LogP contribution < -0.4 is 16.5 Å². The topological polar surface area (TPSA) is 147 Å². The number of carbonyl (C=O) groups excluding carboxylic acids is 1. The van der Waals surface area contributed by atoms with Crippen LogP contribution >= 0.6 is 0 Å². The zero-order valence-electron chi connectivity index (χ0n) is 10.1. The number of amides is 1. The number of phenols is 1. The number of hydrogen-bond acceptors (Lipinski definition) is 6. The molecule has 1 rings (SSSR count). The van der Waals surface area contributed by atoms with E-state index in [0.29, 0.717) is 5.69 Å². The molecule has 0 aliphatic heterocycles. The molecular formula is C11H12N6O2. The molecule has 8 heteroatoms. The molecule has 8 nitrogen and oxygen atoms in total. The lowest BCUT2D eigenvalue weighted by Gasteiger charge is -2.07. The number of nitrogens with two attached hydrogens (primary N) is 1. The van der Waals surface area contributed by atoms with Gasteiger partial charge in [0.05, 0.1) is 11.4 Å². The second kappa shape index (κ2) is 6.02. The predicted molar refractivity (Wildman–Crippen MR) is 71.0 cm³/mol. The third-order valence-electron chi connectivity index (χ3n) is 1.97. The summed E-state index contributed by atoms with van der Waals surface area (Å²) in [5.41, 5.74) is 7.97. The lowest BCUT2D eigenvalue weighted by atomic mass is 10.2. The molecule has 0 heterocycles. The molecule has 0 aromatic heterocycles. The molecule has 0 saturated heterocycles. The Morgan fingerprint density at radius 3 is 2.79 bits per heavy atom. The van der Waals surface area contributed by atoms with Gasteiger partial charge in [-0.2, -0.15) is 10.4 Å². The van der Waals surface area contributed by atoms with Crippen LogP contribution in [-0.2, 0) is 4.79 Å². The van der Waals surface area contributed by atoms with E-state index in [-0.39, 0.29) is 23.1 Å². The second-order valence-corrected chi connectivity index (χ2v) is 3.51. The van der Waals surface area contributed by atoms with Crippen molar-refractivity contribution < 1.29 is 9.90 Å². The predicted octanol–water partition coefficient (Wildman–Crippen LogP) is 0.578. The minimum Gasteiger partial charge on any atom is -0.506 e. The number of hydrazone groups is 1. The Kier molecular flexibility index (Phi) is 4.43. The zero-order chi connectivity index (χ0) is 14.4. The van der Waals surface area contributed by atoms with Crippen molar-refractivity contribution >= 4 is 28.8 Å². The number of phenolic OH excluding ortho intramolecular Hbond substituents is 1. The van der Waals surface area contributed by atoms with Crippen LogP contribution in [-0.4, -0.2) is 22.6 Å². The molecule has 98 valence electrons. The number of rotatable bonds is 4. The highest BCUT2D eigenvalue weighted by Crippen LogP contribution is 2.26. The summed E-state index contributed by atoms with van der Waals surface area (Å²) in [4.78, 5) is 10.9. The molecule has 0 aliphatic rings. The Hall–Kier alpha value is -3.08. The lowest BCUT2D eigenvalue weighted by Crippen LogP contribution is -2.21. The van der Waals surface area contributed by atoms with Crippen molar-refractivity contribution in [3.05, 3.63) is 18.2 Å². The van der Waals surface area contributed by atoms with Crippen LogP contribution in [0.15, 0.2) is 23.3 Å². The van der Waals surface area contributed by atoms with Crippen molar-refractivity contribution in [3.8, 4) is 11.8 Å². The molecular weight excluding hydrogens is 248 g/mol. The first-order chi connectivity index (χ1) is 8.93. The summed E-state index contributed by atoms with van der Waals surface area (Å²) in [5.74, 6) is -0.898. The summed E-state index contributed by atoms with van der Waals surface area (Å²) in [6.07, 6.45) is 0. The fraction of sp³-hybridized carbons (Fsp3) is 0.0909. The first kappa shape index (κ1) is 14.0. The number of nitrogens with one attached hydrogen (secondary N) is 3. The highest BCUT2D eigenvalue weighted by Gasteiger charge is 2.05. The number of aromatic hydroxyl groups is 1. The Morgan fingerprint density at radius 1 is 1.58 bits per heavy atom.